The highest BCUT2D eigenvalue weighted by Crippen LogP contribution is 2.31. The average Bonchev–Trinajstić information content (AvgIpc) is 2.40. The van der Waals surface area contributed by atoms with Gasteiger partial charge in [-0.15, -0.1) is 0 Å². The summed E-state index contributed by atoms with van der Waals surface area (Å²) in [6.45, 7) is 3.69. The van der Waals surface area contributed by atoms with Crippen molar-refractivity contribution >= 4 is 33.0 Å². The molecule has 112 valence electrons. The van der Waals surface area contributed by atoms with Crippen molar-refractivity contribution in [3.8, 4) is 0 Å². The second kappa shape index (κ2) is 5.58. The van der Waals surface area contributed by atoms with Gasteiger partial charge in [0, 0.05) is 12.1 Å². The molecule has 0 aliphatic rings. The molecule has 2 aromatic rings. The Hall–Kier alpha value is -1.72. The third-order valence-electron chi connectivity index (χ3n) is 3.30. The molecular formula is C15H17ClN2O2S. The topological polar surface area (TPSA) is 63.4 Å². The minimum atomic E-state index is -3.68. The molecule has 0 saturated carbocycles. The maximum absolute atomic E-state index is 12.8. The second-order valence-electron chi connectivity index (χ2n) is 4.94. The number of hydrogen-bond acceptors (Lipinski definition) is 3. The van der Waals surface area contributed by atoms with Crippen molar-refractivity contribution in [2.24, 2.45) is 0 Å². The van der Waals surface area contributed by atoms with E-state index in [2.05, 4.69) is 0 Å². The number of nitrogens with zero attached hydrogens (tertiary/aromatic N) is 1. The number of anilines is 2. The van der Waals surface area contributed by atoms with Crippen LogP contribution in [0.4, 0.5) is 11.4 Å². The first kappa shape index (κ1) is 15.7. The van der Waals surface area contributed by atoms with E-state index >= 15 is 0 Å². The first-order chi connectivity index (χ1) is 9.73. The van der Waals surface area contributed by atoms with Crippen LogP contribution in [0.3, 0.4) is 0 Å². The summed E-state index contributed by atoms with van der Waals surface area (Å²) in [5.41, 5.74) is 8.29. The van der Waals surface area contributed by atoms with Crippen LogP contribution in [0.5, 0.6) is 0 Å². The van der Waals surface area contributed by atoms with Crippen LogP contribution in [0.15, 0.2) is 41.3 Å². The van der Waals surface area contributed by atoms with Gasteiger partial charge in [0.1, 0.15) is 0 Å². The molecule has 21 heavy (non-hydrogen) atoms. The third kappa shape index (κ3) is 2.99. The van der Waals surface area contributed by atoms with Crippen molar-refractivity contribution < 1.29 is 8.42 Å². The molecule has 0 aliphatic carbocycles. The Balaban J connectivity index is 2.55. The van der Waals surface area contributed by atoms with Crippen LogP contribution in [0.2, 0.25) is 5.02 Å². The van der Waals surface area contributed by atoms with Gasteiger partial charge < -0.3 is 5.73 Å². The molecule has 0 fully saturated rings. The first-order valence-corrected chi connectivity index (χ1v) is 8.16. The molecule has 0 saturated heterocycles. The summed E-state index contributed by atoms with van der Waals surface area (Å²) in [4.78, 5) is 0.259. The number of rotatable bonds is 3. The lowest BCUT2D eigenvalue weighted by Gasteiger charge is -2.22. The summed E-state index contributed by atoms with van der Waals surface area (Å²) in [5.74, 6) is 0. The van der Waals surface area contributed by atoms with Gasteiger partial charge in [-0.1, -0.05) is 29.3 Å². The van der Waals surface area contributed by atoms with Gasteiger partial charge in [-0.2, -0.15) is 0 Å². The number of aryl methyl sites for hydroxylation is 2. The van der Waals surface area contributed by atoms with E-state index in [4.69, 9.17) is 17.3 Å². The lowest BCUT2D eigenvalue weighted by atomic mass is 10.2. The van der Waals surface area contributed by atoms with E-state index in [0.717, 1.165) is 9.87 Å². The lowest BCUT2D eigenvalue weighted by Crippen LogP contribution is -2.28. The van der Waals surface area contributed by atoms with Crippen molar-refractivity contribution in [1.82, 2.24) is 0 Å². The normalized spacial score (nSPS) is 11.4. The Morgan fingerprint density at radius 2 is 1.76 bits per heavy atom. The van der Waals surface area contributed by atoms with Crippen LogP contribution in [-0.2, 0) is 10.0 Å². The number of nitrogen functional groups attached to an aromatic ring is 1. The highest BCUT2D eigenvalue weighted by Gasteiger charge is 2.24. The molecule has 0 atom stereocenters. The lowest BCUT2D eigenvalue weighted by molar-refractivity contribution is 0.594. The van der Waals surface area contributed by atoms with Gasteiger partial charge in [0.25, 0.3) is 10.0 Å². The van der Waals surface area contributed by atoms with Gasteiger partial charge in [0.2, 0.25) is 0 Å². The number of hydrogen-bond donors (Lipinski definition) is 1. The summed E-state index contributed by atoms with van der Waals surface area (Å²) in [6, 6.07) is 9.97. The molecule has 0 spiro atoms. The summed E-state index contributed by atoms with van der Waals surface area (Å²) < 4.78 is 26.7. The standard InChI is InChI=1S/C15H17ClN2O2S/c1-10-4-7-15(11(2)8-10)21(19,20)18(3)14-9-12(16)5-6-13(14)17/h4-9H,17H2,1-3H3. The Labute approximate surface area is 130 Å². The minimum Gasteiger partial charge on any atom is -0.397 e. The van der Waals surface area contributed by atoms with Gasteiger partial charge in [0.15, 0.2) is 0 Å². The predicted molar refractivity (Wildman–Crippen MR) is 87.4 cm³/mol. The molecule has 0 aliphatic heterocycles. The van der Waals surface area contributed by atoms with Crippen molar-refractivity contribution in [1.29, 1.82) is 0 Å². The van der Waals surface area contributed by atoms with E-state index in [9.17, 15) is 8.42 Å². The molecule has 0 unspecified atom stereocenters. The molecule has 2 aromatic carbocycles. The highest BCUT2D eigenvalue weighted by atomic mass is 35.5. The van der Waals surface area contributed by atoms with Gasteiger partial charge in [0.05, 0.1) is 16.3 Å². The molecule has 0 bridgehead atoms. The van der Waals surface area contributed by atoms with E-state index < -0.39 is 10.0 Å². The van der Waals surface area contributed by atoms with Gasteiger partial charge >= 0.3 is 0 Å². The van der Waals surface area contributed by atoms with Gasteiger partial charge in [-0.05, 0) is 43.7 Å². The summed E-state index contributed by atoms with van der Waals surface area (Å²) in [5, 5.41) is 0.432. The van der Waals surface area contributed by atoms with E-state index in [1.165, 1.54) is 13.1 Å². The molecule has 4 nitrogen and oxygen atoms in total. The summed E-state index contributed by atoms with van der Waals surface area (Å²) in [6.07, 6.45) is 0. The van der Waals surface area contributed by atoms with E-state index in [0.29, 0.717) is 22.0 Å². The second-order valence-corrected chi connectivity index (χ2v) is 7.32. The van der Waals surface area contributed by atoms with E-state index in [1.54, 1.807) is 31.2 Å². The maximum atomic E-state index is 12.8. The van der Waals surface area contributed by atoms with Gasteiger partial charge in [-0.3, -0.25) is 4.31 Å². The van der Waals surface area contributed by atoms with Crippen LogP contribution < -0.4 is 10.0 Å². The summed E-state index contributed by atoms with van der Waals surface area (Å²) in [7, 11) is -2.22. The SMILES string of the molecule is Cc1ccc(S(=O)(=O)N(C)c2cc(Cl)ccc2N)c(C)c1. The highest BCUT2D eigenvalue weighted by molar-refractivity contribution is 7.92. The van der Waals surface area contributed by atoms with Crippen LogP contribution in [0, 0.1) is 13.8 Å². The Kier molecular flexibility index (Phi) is 4.16. The van der Waals surface area contributed by atoms with Crippen LogP contribution >= 0.6 is 11.6 Å². The fourth-order valence-electron chi connectivity index (χ4n) is 2.16. The third-order valence-corrected chi connectivity index (χ3v) is 5.47. The molecule has 2 rings (SSSR count). The quantitative estimate of drug-likeness (QED) is 0.880. The molecule has 0 heterocycles. The molecule has 0 aromatic heterocycles. The molecule has 6 heteroatoms. The van der Waals surface area contributed by atoms with Crippen LogP contribution in [0.1, 0.15) is 11.1 Å². The zero-order valence-electron chi connectivity index (χ0n) is 12.1. The van der Waals surface area contributed by atoms with Gasteiger partial charge in [-0.25, -0.2) is 8.42 Å². The number of sulfonamides is 1. The van der Waals surface area contributed by atoms with Crippen molar-refractivity contribution in [3.05, 3.63) is 52.5 Å². The van der Waals surface area contributed by atoms with E-state index in [-0.39, 0.29) is 4.90 Å². The van der Waals surface area contributed by atoms with Crippen molar-refractivity contribution in [3.63, 3.8) is 0 Å². The largest absolute Gasteiger partial charge is 0.397 e. The number of halogens is 1. The average molecular weight is 325 g/mol. The number of nitrogens with two attached hydrogens (primary N) is 1. The van der Waals surface area contributed by atoms with E-state index in [1.807, 2.05) is 13.0 Å². The Morgan fingerprint density at radius 1 is 1.10 bits per heavy atom. The molecular weight excluding hydrogens is 308 g/mol. The molecule has 0 amide bonds. The zero-order chi connectivity index (χ0) is 15.8. The fraction of sp³-hybridized carbons (Fsp3) is 0.200. The predicted octanol–water partition coefficient (Wildman–Crippen LogP) is 3.36. The van der Waals surface area contributed by atoms with Crippen LogP contribution in [-0.4, -0.2) is 15.5 Å². The fourth-order valence-corrected chi connectivity index (χ4v) is 3.74. The minimum absolute atomic E-state index is 0.259. The monoisotopic (exact) mass is 324 g/mol. The molecule has 0 radical (unpaired) electrons. The van der Waals surface area contributed by atoms with Crippen LogP contribution in [0.25, 0.3) is 0 Å². The zero-order valence-corrected chi connectivity index (χ0v) is 13.7. The smallest absolute Gasteiger partial charge is 0.264 e. The Bertz CT molecular complexity index is 788. The summed E-state index contributed by atoms with van der Waals surface area (Å²) >= 11 is 5.93. The maximum Gasteiger partial charge on any atom is 0.264 e. The van der Waals surface area contributed by atoms with Crippen molar-refractivity contribution in [2.45, 2.75) is 18.7 Å². The first-order valence-electron chi connectivity index (χ1n) is 6.34. The molecule has 2 N–H and O–H groups in total. The Morgan fingerprint density at radius 3 is 2.38 bits per heavy atom. The number of benzene rings is 2. The van der Waals surface area contributed by atoms with Crippen molar-refractivity contribution in [2.75, 3.05) is 17.1 Å².